The molecule has 0 fully saturated rings. The number of carbonyl (C=O) groups excluding carboxylic acids is 1. The number of hydrogen-bond donors (Lipinski definition) is 1. The second-order valence-corrected chi connectivity index (χ2v) is 3.09. The van der Waals surface area contributed by atoms with Gasteiger partial charge in [-0.1, -0.05) is 26.3 Å². The first-order valence-corrected chi connectivity index (χ1v) is 5.26. The third-order valence-corrected chi connectivity index (χ3v) is 1.72. The Hall–Kier alpha value is -1.41. The van der Waals surface area contributed by atoms with Crippen molar-refractivity contribution in [3.8, 4) is 0 Å². The largest absolute Gasteiger partial charge is 0.461 e. The fourth-order valence-corrected chi connectivity index (χ4v) is 0.946. The van der Waals surface area contributed by atoms with Gasteiger partial charge in [-0.15, -0.1) is 0 Å². The number of unbranched alkanes of at least 4 members (excludes halogenated alkanes) is 2. The minimum Gasteiger partial charge on any atom is -0.461 e. The zero-order valence-electron chi connectivity index (χ0n) is 9.38. The van der Waals surface area contributed by atoms with E-state index in [-0.39, 0.29) is 5.70 Å². The van der Waals surface area contributed by atoms with Crippen LogP contribution < -0.4 is 0 Å². The molecule has 0 aromatic rings. The summed E-state index contributed by atoms with van der Waals surface area (Å²) in [6.45, 7) is 4.38. The molecule has 0 aromatic heterocycles. The summed E-state index contributed by atoms with van der Waals surface area (Å²) >= 11 is 0. The maximum atomic E-state index is 11.4. The molecule has 1 N–H and O–H groups in total. The highest BCUT2D eigenvalue weighted by Gasteiger charge is 2.08. The Morgan fingerprint density at radius 3 is 2.73 bits per heavy atom. The first-order chi connectivity index (χ1) is 7.26. The van der Waals surface area contributed by atoms with Crippen molar-refractivity contribution in [1.82, 2.24) is 0 Å². The van der Waals surface area contributed by atoms with Crippen molar-refractivity contribution in [2.75, 3.05) is 6.61 Å². The first kappa shape index (κ1) is 13.6. The zero-order valence-corrected chi connectivity index (χ0v) is 9.38. The Morgan fingerprint density at radius 1 is 1.47 bits per heavy atom. The summed E-state index contributed by atoms with van der Waals surface area (Å²) in [5, 5.41) is 6.72. The van der Waals surface area contributed by atoms with Crippen molar-refractivity contribution in [1.29, 1.82) is 5.41 Å². The number of hydrogen-bond acceptors (Lipinski definition) is 4. The lowest BCUT2D eigenvalue weighted by atomic mass is 10.2. The van der Waals surface area contributed by atoms with Crippen LogP contribution in [-0.2, 0) is 9.53 Å². The van der Waals surface area contributed by atoms with E-state index >= 15 is 0 Å². The molecule has 0 aliphatic carbocycles. The summed E-state index contributed by atoms with van der Waals surface area (Å²) in [7, 11) is 0. The lowest BCUT2D eigenvalue weighted by molar-refractivity contribution is -0.139. The van der Waals surface area contributed by atoms with E-state index in [4.69, 9.17) is 10.1 Å². The predicted octanol–water partition coefficient (Wildman–Crippen LogP) is 2.77. The van der Waals surface area contributed by atoms with Crippen LogP contribution in [0, 0.1) is 5.41 Å². The van der Waals surface area contributed by atoms with Gasteiger partial charge in [-0.25, -0.2) is 10.2 Å². The van der Waals surface area contributed by atoms with Gasteiger partial charge >= 0.3 is 5.97 Å². The standard InChI is InChI=1S/C11H18N2O2/c1-3-5-6-7-10(13-9-12)11(14)15-8-4-2/h7,12H,3-6,8H2,1-2H3. The van der Waals surface area contributed by atoms with Crippen LogP contribution in [-0.4, -0.2) is 18.6 Å². The summed E-state index contributed by atoms with van der Waals surface area (Å²) < 4.78 is 4.91. The van der Waals surface area contributed by atoms with Crippen LogP contribution in [0.25, 0.3) is 0 Å². The van der Waals surface area contributed by atoms with Crippen molar-refractivity contribution in [2.45, 2.75) is 39.5 Å². The molecule has 0 aromatic carbocycles. The van der Waals surface area contributed by atoms with E-state index < -0.39 is 5.97 Å². The van der Waals surface area contributed by atoms with E-state index in [1.165, 1.54) is 0 Å². The number of nitrogens with one attached hydrogen (secondary N) is 1. The molecule has 0 rings (SSSR count). The number of nitrogens with zero attached hydrogens (tertiary/aromatic N) is 1. The molecule has 84 valence electrons. The molecule has 0 spiro atoms. The molecular weight excluding hydrogens is 192 g/mol. The quantitative estimate of drug-likeness (QED) is 0.304. The molecule has 0 bridgehead atoms. The number of ether oxygens (including phenoxy) is 1. The lowest BCUT2D eigenvalue weighted by Crippen LogP contribution is -2.07. The molecule has 0 aliphatic heterocycles. The average Bonchev–Trinajstić information content (AvgIpc) is 2.25. The fourth-order valence-electron chi connectivity index (χ4n) is 0.946. The normalized spacial score (nSPS) is 10.7. The highest BCUT2D eigenvalue weighted by molar-refractivity contribution is 5.89. The minimum atomic E-state index is -0.465. The summed E-state index contributed by atoms with van der Waals surface area (Å²) in [5.74, 6) is -0.465. The molecule has 4 nitrogen and oxygen atoms in total. The van der Waals surface area contributed by atoms with Gasteiger partial charge in [0.05, 0.1) is 12.6 Å². The smallest absolute Gasteiger partial charge is 0.357 e. The van der Waals surface area contributed by atoms with Gasteiger partial charge in [0.25, 0.3) is 0 Å². The van der Waals surface area contributed by atoms with Gasteiger partial charge in [0.2, 0.25) is 0 Å². The van der Waals surface area contributed by atoms with E-state index in [2.05, 4.69) is 11.9 Å². The molecule has 4 heteroatoms. The molecule has 0 unspecified atom stereocenters. The van der Waals surface area contributed by atoms with Crippen LogP contribution in [0.3, 0.4) is 0 Å². The van der Waals surface area contributed by atoms with Crippen molar-refractivity contribution < 1.29 is 9.53 Å². The van der Waals surface area contributed by atoms with Crippen LogP contribution in [0.5, 0.6) is 0 Å². The van der Waals surface area contributed by atoms with E-state index in [9.17, 15) is 4.79 Å². The third kappa shape index (κ3) is 6.63. The Labute approximate surface area is 90.6 Å². The molecular formula is C11H18N2O2. The summed E-state index contributed by atoms with van der Waals surface area (Å²) in [5.41, 5.74) is 0.187. The Kier molecular flexibility index (Phi) is 8.30. The molecule has 0 saturated carbocycles. The fraction of sp³-hybridized carbons (Fsp3) is 0.636. The van der Waals surface area contributed by atoms with Gasteiger partial charge in [-0.3, -0.25) is 0 Å². The van der Waals surface area contributed by atoms with Crippen molar-refractivity contribution in [3.63, 3.8) is 0 Å². The van der Waals surface area contributed by atoms with Crippen LogP contribution in [0.15, 0.2) is 16.8 Å². The van der Waals surface area contributed by atoms with Gasteiger partial charge in [-0.2, -0.15) is 4.99 Å². The molecule has 0 aliphatic rings. The third-order valence-electron chi connectivity index (χ3n) is 1.72. The van der Waals surface area contributed by atoms with Gasteiger partial charge in [0.1, 0.15) is 0 Å². The molecule has 0 radical (unpaired) electrons. The summed E-state index contributed by atoms with van der Waals surface area (Å²) in [6.07, 6.45) is 5.31. The molecule has 0 amide bonds. The van der Waals surface area contributed by atoms with Crippen LogP contribution >= 0.6 is 0 Å². The van der Waals surface area contributed by atoms with Gasteiger partial charge in [-0.05, 0) is 19.3 Å². The molecule has 0 atom stereocenters. The SMILES string of the molecule is CCCCC=C(N=C=N)C(=O)OCCC. The monoisotopic (exact) mass is 210 g/mol. The van der Waals surface area contributed by atoms with E-state index in [1.54, 1.807) is 6.08 Å². The highest BCUT2D eigenvalue weighted by Crippen LogP contribution is 2.05. The predicted molar refractivity (Wildman–Crippen MR) is 59.0 cm³/mol. The van der Waals surface area contributed by atoms with Gasteiger partial charge in [0, 0.05) is 0 Å². The average molecular weight is 210 g/mol. The Balaban J connectivity index is 4.30. The van der Waals surface area contributed by atoms with Crippen molar-refractivity contribution in [3.05, 3.63) is 11.8 Å². The number of allylic oxidation sites excluding steroid dienone is 1. The maximum Gasteiger partial charge on any atom is 0.357 e. The molecule has 15 heavy (non-hydrogen) atoms. The Bertz CT molecular complexity index is 266. The van der Waals surface area contributed by atoms with Crippen LogP contribution in [0.1, 0.15) is 39.5 Å². The van der Waals surface area contributed by atoms with Crippen molar-refractivity contribution in [2.24, 2.45) is 4.99 Å². The number of aliphatic imine (C=N–C) groups is 1. The first-order valence-electron chi connectivity index (χ1n) is 5.26. The zero-order chi connectivity index (χ0) is 11.5. The van der Waals surface area contributed by atoms with E-state index in [0.29, 0.717) is 6.61 Å². The second kappa shape index (κ2) is 9.16. The van der Waals surface area contributed by atoms with Crippen LogP contribution in [0.2, 0.25) is 0 Å². The lowest BCUT2D eigenvalue weighted by Gasteiger charge is -2.01. The molecule has 0 saturated heterocycles. The number of rotatable bonds is 7. The second-order valence-electron chi connectivity index (χ2n) is 3.09. The topological polar surface area (TPSA) is 62.5 Å². The number of carbonyl (C=O) groups is 1. The van der Waals surface area contributed by atoms with Crippen LogP contribution in [0.4, 0.5) is 0 Å². The van der Waals surface area contributed by atoms with E-state index in [0.717, 1.165) is 25.7 Å². The van der Waals surface area contributed by atoms with Crippen molar-refractivity contribution >= 4 is 12.0 Å². The minimum absolute atomic E-state index is 0.187. The number of esters is 1. The van der Waals surface area contributed by atoms with Gasteiger partial charge < -0.3 is 4.74 Å². The van der Waals surface area contributed by atoms with E-state index in [1.807, 2.05) is 12.9 Å². The highest BCUT2D eigenvalue weighted by atomic mass is 16.5. The summed E-state index contributed by atoms with van der Waals surface area (Å²) in [6, 6.07) is 1.86. The Morgan fingerprint density at radius 2 is 2.20 bits per heavy atom. The summed E-state index contributed by atoms with van der Waals surface area (Å²) in [4.78, 5) is 14.9. The molecule has 0 heterocycles. The van der Waals surface area contributed by atoms with Gasteiger partial charge in [0.15, 0.2) is 5.70 Å². The maximum absolute atomic E-state index is 11.4.